The van der Waals surface area contributed by atoms with E-state index >= 15 is 0 Å². The third-order valence-electron chi connectivity index (χ3n) is 4.67. The number of amides is 1. The molecule has 12 heteroatoms. The lowest BCUT2D eigenvalue weighted by molar-refractivity contribution is -0.118. The number of anilines is 1. The largest absolute Gasteiger partial charge is 0.494 e. The molecule has 2 aromatic carbocycles. The fraction of sp³-hybridized carbons (Fsp3) is 0.300. The molecular formula is C20H21N5O4S3. The molecule has 4 rings (SSSR count). The van der Waals surface area contributed by atoms with E-state index in [2.05, 4.69) is 23.8 Å². The molecule has 0 unspecified atom stereocenters. The molecular weight excluding hydrogens is 470 g/mol. The highest BCUT2D eigenvalue weighted by molar-refractivity contribution is 7.89. The lowest BCUT2D eigenvalue weighted by Crippen LogP contribution is -2.47. The molecule has 0 saturated heterocycles. The molecule has 0 radical (unpaired) electrons. The van der Waals surface area contributed by atoms with Crippen molar-refractivity contribution >= 4 is 65.4 Å². The number of sulfonamides is 1. The van der Waals surface area contributed by atoms with Crippen LogP contribution in [0.2, 0.25) is 0 Å². The molecule has 1 amide bonds. The fourth-order valence-corrected chi connectivity index (χ4v) is 6.13. The highest BCUT2D eigenvalue weighted by atomic mass is 32.2. The van der Waals surface area contributed by atoms with Gasteiger partial charge in [0.2, 0.25) is 15.9 Å². The predicted molar refractivity (Wildman–Crippen MR) is 126 cm³/mol. The minimum absolute atomic E-state index is 0.00867. The summed E-state index contributed by atoms with van der Waals surface area (Å²) in [6.07, 6.45) is 0. The van der Waals surface area contributed by atoms with E-state index in [-0.39, 0.29) is 16.3 Å². The molecule has 2 N–H and O–H groups in total. The number of thiazole rings is 1. The zero-order valence-corrected chi connectivity index (χ0v) is 20.0. The summed E-state index contributed by atoms with van der Waals surface area (Å²) in [5.41, 5.74) is 1.49. The van der Waals surface area contributed by atoms with Crippen molar-refractivity contribution < 1.29 is 17.9 Å². The van der Waals surface area contributed by atoms with E-state index in [9.17, 15) is 13.2 Å². The Hall–Kier alpha value is -2.67. The van der Waals surface area contributed by atoms with E-state index in [0.29, 0.717) is 17.3 Å². The molecule has 2 heterocycles. The average molecular weight is 492 g/mol. The van der Waals surface area contributed by atoms with E-state index in [4.69, 9.17) is 4.74 Å². The van der Waals surface area contributed by atoms with Crippen LogP contribution in [0.5, 0.6) is 5.75 Å². The Labute approximate surface area is 193 Å². The standard InChI is InChI=1S/C20H21N5O4S3/c1-4-29-12-8-9-13-15(10-12)30-20(21-13)22-19(26)17(11(2)3)25-32(27,28)16-7-5-6-14-18(16)24-31-23-14/h5-11,17,25H,4H2,1-3H3,(H,21,22,26)/t17-/m1/s1. The van der Waals surface area contributed by atoms with Gasteiger partial charge < -0.3 is 10.1 Å². The number of carbonyl (C=O) groups is 1. The van der Waals surface area contributed by atoms with Crippen LogP contribution in [0.1, 0.15) is 20.8 Å². The number of fused-ring (bicyclic) bond motifs is 2. The number of aromatic nitrogens is 3. The van der Waals surface area contributed by atoms with Gasteiger partial charge in [-0.2, -0.15) is 13.5 Å². The zero-order chi connectivity index (χ0) is 22.9. The maximum atomic E-state index is 13.1. The van der Waals surface area contributed by atoms with E-state index in [1.807, 2.05) is 25.1 Å². The first-order chi connectivity index (χ1) is 15.3. The minimum Gasteiger partial charge on any atom is -0.494 e. The number of benzene rings is 2. The summed E-state index contributed by atoms with van der Waals surface area (Å²) in [5, 5.41) is 3.13. The fourth-order valence-electron chi connectivity index (χ4n) is 3.12. The summed E-state index contributed by atoms with van der Waals surface area (Å²) < 4.78 is 43.2. The number of nitrogens with one attached hydrogen (secondary N) is 2. The average Bonchev–Trinajstić information content (AvgIpc) is 3.37. The van der Waals surface area contributed by atoms with Gasteiger partial charge >= 0.3 is 0 Å². The maximum absolute atomic E-state index is 13.1. The molecule has 0 aliphatic heterocycles. The topological polar surface area (TPSA) is 123 Å². The number of hydrogen-bond donors (Lipinski definition) is 2. The Kier molecular flexibility index (Phi) is 6.38. The van der Waals surface area contributed by atoms with Crippen LogP contribution in [0.3, 0.4) is 0 Å². The van der Waals surface area contributed by atoms with Gasteiger partial charge in [0.25, 0.3) is 0 Å². The molecule has 32 heavy (non-hydrogen) atoms. The Morgan fingerprint density at radius 2 is 1.97 bits per heavy atom. The molecule has 4 aromatic rings. The second kappa shape index (κ2) is 9.06. The number of hydrogen-bond acceptors (Lipinski definition) is 9. The van der Waals surface area contributed by atoms with Crippen molar-refractivity contribution in [3.8, 4) is 5.75 Å². The van der Waals surface area contributed by atoms with Crippen LogP contribution in [0, 0.1) is 5.92 Å². The second-order valence-electron chi connectivity index (χ2n) is 7.30. The zero-order valence-electron chi connectivity index (χ0n) is 17.5. The van der Waals surface area contributed by atoms with Crippen molar-refractivity contribution in [2.75, 3.05) is 11.9 Å². The van der Waals surface area contributed by atoms with Gasteiger partial charge in [0.15, 0.2) is 5.13 Å². The van der Waals surface area contributed by atoms with Crippen LogP contribution in [-0.4, -0.2) is 40.7 Å². The van der Waals surface area contributed by atoms with Crippen LogP contribution < -0.4 is 14.8 Å². The maximum Gasteiger partial charge on any atom is 0.244 e. The summed E-state index contributed by atoms with van der Waals surface area (Å²) >= 11 is 2.23. The lowest BCUT2D eigenvalue weighted by atomic mass is 10.1. The first-order valence-electron chi connectivity index (χ1n) is 9.86. The monoisotopic (exact) mass is 491 g/mol. The summed E-state index contributed by atoms with van der Waals surface area (Å²) in [7, 11) is -4.02. The molecule has 0 bridgehead atoms. The lowest BCUT2D eigenvalue weighted by Gasteiger charge is -2.21. The Morgan fingerprint density at radius 3 is 2.72 bits per heavy atom. The predicted octanol–water partition coefficient (Wildman–Crippen LogP) is 3.64. The number of nitrogens with zero attached hydrogens (tertiary/aromatic N) is 3. The van der Waals surface area contributed by atoms with Crippen LogP contribution in [0.15, 0.2) is 41.3 Å². The van der Waals surface area contributed by atoms with Crippen molar-refractivity contribution in [1.82, 2.24) is 18.5 Å². The third-order valence-corrected chi connectivity index (χ3v) is 7.62. The molecule has 2 aromatic heterocycles. The van der Waals surface area contributed by atoms with Crippen LogP contribution >= 0.6 is 23.1 Å². The van der Waals surface area contributed by atoms with Gasteiger partial charge in [-0.15, -0.1) is 0 Å². The van der Waals surface area contributed by atoms with E-state index < -0.39 is 22.0 Å². The smallest absolute Gasteiger partial charge is 0.244 e. The van der Waals surface area contributed by atoms with Gasteiger partial charge in [-0.1, -0.05) is 31.3 Å². The van der Waals surface area contributed by atoms with Gasteiger partial charge in [-0.3, -0.25) is 4.79 Å². The van der Waals surface area contributed by atoms with Crippen LogP contribution in [0.25, 0.3) is 21.3 Å². The van der Waals surface area contributed by atoms with Gasteiger partial charge in [0.05, 0.1) is 28.6 Å². The molecule has 0 aliphatic rings. The van der Waals surface area contributed by atoms with E-state index in [1.54, 1.807) is 26.0 Å². The summed E-state index contributed by atoms with van der Waals surface area (Å²) in [6.45, 7) is 5.99. The van der Waals surface area contributed by atoms with Crippen molar-refractivity contribution in [2.24, 2.45) is 5.92 Å². The minimum atomic E-state index is -4.02. The molecule has 168 valence electrons. The quantitative estimate of drug-likeness (QED) is 0.386. The molecule has 0 aliphatic carbocycles. The van der Waals surface area contributed by atoms with Gasteiger partial charge in [-0.25, -0.2) is 13.4 Å². The molecule has 0 fully saturated rings. The number of ether oxygens (including phenoxy) is 1. The van der Waals surface area contributed by atoms with Crippen molar-refractivity contribution in [1.29, 1.82) is 0 Å². The van der Waals surface area contributed by atoms with E-state index in [1.165, 1.54) is 17.4 Å². The van der Waals surface area contributed by atoms with E-state index in [0.717, 1.165) is 27.7 Å². The van der Waals surface area contributed by atoms with Gasteiger partial charge in [0, 0.05) is 0 Å². The number of rotatable bonds is 8. The first kappa shape index (κ1) is 22.5. The second-order valence-corrected chi connectivity index (χ2v) is 10.5. The molecule has 0 saturated carbocycles. The molecule has 1 atom stereocenters. The highest BCUT2D eigenvalue weighted by Crippen LogP contribution is 2.30. The SMILES string of the molecule is CCOc1ccc2nc(NC(=O)[C@H](NS(=O)(=O)c3cccc4nsnc34)C(C)C)sc2c1. The number of carbonyl (C=O) groups excluding carboxylic acids is 1. The highest BCUT2D eigenvalue weighted by Gasteiger charge is 2.30. The molecule has 9 nitrogen and oxygen atoms in total. The Bertz CT molecular complexity index is 1380. The van der Waals surface area contributed by atoms with Crippen LogP contribution in [-0.2, 0) is 14.8 Å². The van der Waals surface area contributed by atoms with Crippen molar-refractivity contribution in [3.05, 3.63) is 36.4 Å². The Balaban J connectivity index is 1.57. The summed E-state index contributed by atoms with van der Waals surface area (Å²) in [5.74, 6) is -0.0761. The van der Waals surface area contributed by atoms with Crippen molar-refractivity contribution in [3.63, 3.8) is 0 Å². The normalized spacial score (nSPS) is 13.0. The summed E-state index contributed by atoms with van der Waals surface area (Å²) in [4.78, 5) is 17.4. The molecule has 0 spiro atoms. The summed E-state index contributed by atoms with van der Waals surface area (Å²) in [6, 6.07) is 9.22. The third kappa shape index (κ3) is 4.58. The van der Waals surface area contributed by atoms with Gasteiger partial charge in [0.1, 0.15) is 27.7 Å². The first-order valence-corrected chi connectivity index (χ1v) is 12.9. The van der Waals surface area contributed by atoms with Crippen LogP contribution in [0.4, 0.5) is 5.13 Å². The Morgan fingerprint density at radius 1 is 1.16 bits per heavy atom. The van der Waals surface area contributed by atoms with Crippen molar-refractivity contribution in [2.45, 2.75) is 31.7 Å². The van der Waals surface area contributed by atoms with Gasteiger partial charge in [-0.05, 0) is 43.2 Å².